The van der Waals surface area contributed by atoms with Crippen molar-refractivity contribution in [2.24, 2.45) is 5.92 Å². The Bertz CT molecular complexity index is 883. The van der Waals surface area contributed by atoms with Crippen molar-refractivity contribution in [1.29, 1.82) is 0 Å². The number of aryl methyl sites for hydroxylation is 1. The number of hydrogen-bond donors (Lipinski definition) is 1. The summed E-state index contributed by atoms with van der Waals surface area (Å²) in [5, 5.41) is 3.07. The molecule has 0 bridgehead atoms. The minimum atomic E-state index is 0.163. The van der Waals surface area contributed by atoms with Gasteiger partial charge in [0, 0.05) is 40.9 Å². The van der Waals surface area contributed by atoms with Crippen LogP contribution in [0.15, 0.2) is 48.7 Å². The molecule has 1 aliphatic carbocycles. The van der Waals surface area contributed by atoms with Gasteiger partial charge in [0.25, 0.3) is 0 Å². The zero-order chi connectivity index (χ0) is 15.7. The third-order valence-electron chi connectivity index (χ3n) is 5.40. The summed E-state index contributed by atoms with van der Waals surface area (Å²) in [6.07, 6.45) is 1.86. The van der Waals surface area contributed by atoms with Crippen LogP contribution < -0.4 is 10.2 Å². The smallest absolute Gasteiger partial charge is 0.228 e. The molecule has 0 aromatic heterocycles. The maximum absolute atomic E-state index is 12.0. The first-order chi connectivity index (χ1) is 11.1. The number of rotatable bonds is 1. The maximum Gasteiger partial charge on any atom is 0.228 e. The van der Waals surface area contributed by atoms with Gasteiger partial charge in [0.1, 0.15) is 0 Å². The molecule has 2 aromatic carbocycles. The molecule has 5 rings (SSSR count). The van der Waals surface area contributed by atoms with Crippen molar-refractivity contribution in [1.82, 2.24) is 0 Å². The van der Waals surface area contributed by atoms with Gasteiger partial charge in [0.2, 0.25) is 5.91 Å². The summed E-state index contributed by atoms with van der Waals surface area (Å²) in [4.78, 5) is 14.3. The number of allylic oxidation sites excluding steroid dienone is 1. The van der Waals surface area contributed by atoms with E-state index in [-0.39, 0.29) is 11.8 Å². The summed E-state index contributed by atoms with van der Waals surface area (Å²) in [5.74, 6) is 0.712. The summed E-state index contributed by atoms with van der Waals surface area (Å²) in [6, 6.07) is 12.6. The topological polar surface area (TPSA) is 32.3 Å². The van der Waals surface area contributed by atoms with Crippen LogP contribution in [0.25, 0.3) is 0 Å². The van der Waals surface area contributed by atoms with Crippen molar-refractivity contribution in [3.05, 3.63) is 65.4 Å². The lowest BCUT2D eigenvalue weighted by Gasteiger charge is -2.27. The van der Waals surface area contributed by atoms with Gasteiger partial charge < -0.3 is 10.2 Å². The minimum Gasteiger partial charge on any atom is -0.325 e. The van der Waals surface area contributed by atoms with Crippen molar-refractivity contribution < 1.29 is 4.79 Å². The minimum absolute atomic E-state index is 0.163. The Morgan fingerprint density at radius 3 is 2.78 bits per heavy atom. The van der Waals surface area contributed by atoms with Gasteiger partial charge in [-0.3, -0.25) is 4.79 Å². The molecule has 1 amide bonds. The standard InChI is InChI=1S/C20H18N2O/c1-11-5-3-7-17-13(11)9-12(2)22(17)18-8-4-6-16-19(18)14-10-15(14)20(23)21-16/h3-8,14-15H,2,9-10H2,1H3,(H,21,23)/t14?,15-/m0/s1. The highest BCUT2D eigenvalue weighted by molar-refractivity contribution is 6.01. The molecule has 2 atom stereocenters. The third kappa shape index (κ3) is 1.68. The molecule has 1 unspecified atom stereocenters. The van der Waals surface area contributed by atoms with Crippen molar-refractivity contribution in [2.45, 2.75) is 25.7 Å². The van der Waals surface area contributed by atoms with Crippen LogP contribution in [-0.2, 0) is 11.2 Å². The second-order valence-corrected chi connectivity index (χ2v) is 6.83. The Morgan fingerprint density at radius 2 is 1.91 bits per heavy atom. The molecule has 2 aromatic rings. The third-order valence-corrected chi connectivity index (χ3v) is 5.40. The summed E-state index contributed by atoms with van der Waals surface area (Å²) in [7, 11) is 0. The largest absolute Gasteiger partial charge is 0.325 e. The van der Waals surface area contributed by atoms with E-state index in [0.717, 1.165) is 24.2 Å². The van der Waals surface area contributed by atoms with Crippen LogP contribution in [0.3, 0.4) is 0 Å². The molecule has 3 aliphatic rings. The van der Waals surface area contributed by atoms with E-state index in [2.05, 4.69) is 48.0 Å². The quantitative estimate of drug-likeness (QED) is 0.853. The second-order valence-electron chi connectivity index (χ2n) is 6.83. The Labute approximate surface area is 135 Å². The van der Waals surface area contributed by atoms with Gasteiger partial charge in [0.05, 0.1) is 5.69 Å². The molecule has 0 spiro atoms. The number of carbonyl (C=O) groups is 1. The number of benzene rings is 2. The molecule has 0 radical (unpaired) electrons. The average molecular weight is 302 g/mol. The first-order valence-corrected chi connectivity index (χ1v) is 8.15. The lowest BCUT2D eigenvalue weighted by molar-refractivity contribution is -0.117. The highest BCUT2D eigenvalue weighted by Gasteiger charge is 2.50. The van der Waals surface area contributed by atoms with Crippen molar-refractivity contribution in [3.63, 3.8) is 0 Å². The normalized spacial score (nSPS) is 24.0. The first-order valence-electron chi connectivity index (χ1n) is 8.15. The van der Waals surface area contributed by atoms with E-state index in [1.54, 1.807) is 0 Å². The van der Waals surface area contributed by atoms with E-state index in [1.807, 2.05) is 12.1 Å². The molecule has 1 N–H and O–H groups in total. The van der Waals surface area contributed by atoms with E-state index >= 15 is 0 Å². The molecular formula is C20H18N2O. The molecule has 0 saturated heterocycles. The molecule has 23 heavy (non-hydrogen) atoms. The fraction of sp³-hybridized carbons (Fsp3) is 0.250. The van der Waals surface area contributed by atoms with Gasteiger partial charge in [-0.15, -0.1) is 0 Å². The van der Waals surface area contributed by atoms with Gasteiger partial charge >= 0.3 is 0 Å². The number of anilines is 3. The second kappa shape index (κ2) is 4.25. The predicted molar refractivity (Wildman–Crippen MR) is 92.1 cm³/mol. The Kier molecular flexibility index (Phi) is 2.39. The Hall–Kier alpha value is -2.55. The van der Waals surface area contributed by atoms with E-state index in [9.17, 15) is 4.79 Å². The molecule has 1 fully saturated rings. The fourth-order valence-electron chi connectivity index (χ4n) is 4.16. The molecule has 2 aliphatic heterocycles. The summed E-state index contributed by atoms with van der Waals surface area (Å²) < 4.78 is 0. The van der Waals surface area contributed by atoms with Crippen molar-refractivity contribution >= 4 is 23.0 Å². The summed E-state index contributed by atoms with van der Waals surface area (Å²) >= 11 is 0. The number of nitrogens with one attached hydrogen (secondary N) is 1. The molecule has 3 nitrogen and oxygen atoms in total. The zero-order valence-electron chi connectivity index (χ0n) is 13.1. The Morgan fingerprint density at radius 1 is 1.13 bits per heavy atom. The first kappa shape index (κ1) is 12.9. The number of carbonyl (C=O) groups excluding carboxylic acids is 1. The van der Waals surface area contributed by atoms with Gasteiger partial charge in [-0.05, 0) is 42.7 Å². The lowest BCUT2D eigenvalue weighted by atomic mass is 9.99. The zero-order valence-corrected chi connectivity index (χ0v) is 13.1. The van der Waals surface area contributed by atoms with Crippen LogP contribution in [0.4, 0.5) is 17.1 Å². The number of fused-ring (bicyclic) bond motifs is 4. The van der Waals surface area contributed by atoms with Crippen LogP contribution in [0.1, 0.15) is 29.0 Å². The fourth-order valence-corrected chi connectivity index (χ4v) is 4.16. The number of amides is 1. The SMILES string of the molecule is C=C1Cc2c(C)cccc2N1c1cccc2c1C1C[C@@H]1C(=O)N2. The number of hydrogen-bond acceptors (Lipinski definition) is 2. The van der Waals surface area contributed by atoms with Gasteiger partial charge in [-0.1, -0.05) is 24.8 Å². The van der Waals surface area contributed by atoms with E-state index in [1.165, 1.54) is 28.1 Å². The van der Waals surface area contributed by atoms with Crippen molar-refractivity contribution in [2.75, 3.05) is 10.2 Å². The van der Waals surface area contributed by atoms with Gasteiger partial charge in [-0.25, -0.2) is 0 Å². The van der Waals surface area contributed by atoms with E-state index in [4.69, 9.17) is 0 Å². The highest BCUT2D eigenvalue weighted by Crippen LogP contribution is 2.58. The van der Waals surface area contributed by atoms with Crippen LogP contribution in [-0.4, -0.2) is 5.91 Å². The number of nitrogens with zero attached hydrogens (tertiary/aromatic N) is 1. The monoisotopic (exact) mass is 302 g/mol. The van der Waals surface area contributed by atoms with Gasteiger partial charge in [0.15, 0.2) is 0 Å². The van der Waals surface area contributed by atoms with Crippen LogP contribution in [0, 0.1) is 12.8 Å². The summed E-state index contributed by atoms with van der Waals surface area (Å²) in [5.41, 5.74) is 8.46. The van der Waals surface area contributed by atoms with Crippen LogP contribution >= 0.6 is 0 Å². The maximum atomic E-state index is 12.0. The Balaban J connectivity index is 1.71. The molecular weight excluding hydrogens is 284 g/mol. The predicted octanol–water partition coefficient (Wildman–Crippen LogP) is 4.26. The molecule has 114 valence electrons. The molecule has 3 heteroatoms. The van der Waals surface area contributed by atoms with Gasteiger partial charge in [-0.2, -0.15) is 0 Å². The van der Waals surface area contributed by atoms with E-state index in [0.29, 0.717) is 5.92 Å². The molecule has 2 heterocycles. The lowest BCUT2D eigenvalue weighted by Crippen LogP contribution is -2.22. The average Bonchev–Trinajstić information content (AvgIpc) is 3.25. The summed E-state index contributed by atoms with van der Waals surface area (Å²) in [6.45, 7) is 6.47. The van der Waals surface area contributed by atoms with Crippen LogP contribution in [0.5, 0.6) is 0 Å². The van der Waals surface area contributed by atoms with Crippen molar-refractivity contribution in [3.8, 4) is 0 Å². The van der Waals surface area contributed by atoms with E-state index < -0.39 is 0 Å². The van der Waals surface area contributed by atoms with Crippen LogP contribution in [0.2, 0.25) is 0 Å². The molecule has 1 saturated carbocycles. The highest BCUT2D eigenvalue weighted by atomic mass is 16.2.